The molecule has 0 saturated heterocycles. The van der Waals surface area contributed by atoms with Crippen LogP contribution in [0, 0.1) is 0 Å². The Kier molecular flexibility index (Phi) is 3.60. The predicted octanol–water partition coefficient (Wildman–Crippen LogP) is 2.97. The van der Waals surface area contributed by atoms with Crippen molar-refractivity contribution >= 4 is 17.2 Å². The van der Waals surface area contributed by atoms with E-state index in [1.54, 1.807) is 30.3 Å². The van der Waals surface area contributed by atoms with Gasteiger partial charge in [-0.05, 0) is 24.3 Å². The number of benzene rings is 1. The molecule has 0 amide bonds. The molecule has 3 heterocycles. The highest BCUT2D eigenvalue weighted by Gasteiger charge is 2.17. The Labute approximate surface area is 135 Å². The Hall–Kier alpha value is -2.97. The lowest BCUT2D eigenvalue weighted by molar-refractivity contribution is 0.137. The van der Waals surface area contributed by atoms with Gasteiger partial charge in [0.15, 0.2) is 23.0 Å². The molecule has 0 atom stereocenters. The van der Waals surface area contributed by atoms with Gasteiger partial charge in [-0.2, -0.15) is 4.52 Å². The summed E-state index contributed by atoms with van der Waals surface area (Å²) < 4.78 is 38.0. The Morgan fingerprint density at radius 1 is 1.04 bits per heavy atom. The molecule has 1 aromatic carbocycles. The Bertz CT molecular complexity index is 883. The summed E-state index contributed by atoms with van der Waals surface area (Å²) in [6, 6.07) is 8.59. The molecule has 2 aromatic heterocycles. The summed E-state index contributed by atoms with van der Waals surface area (Å²) in [5.74, 6) is 1.21. The van der Waals surface area contributed by atoms with Crippen molar-refractivity contribution in [3.8, 4) is 11.5 Å². The van der Waals surface area contributed by atoms with Gasteiger partial charge in [-0.3, -0.25) is 0 Å². The molecule has 0 bridgehead atoms. The van der Waals surface area contributed by atoms with Crippen LogP contribution in [-0.2, 0) is 0 Å². The summed E-state index contributed by atoms with van der Waals surface area (Å²) in [6.07, 6.45) is -1.93. The van der Waals surface area contributed by atoms with Crippen molar-refractivity contribution in [3.05, 3.63) is 36.2 Å². The van der Waals surface area contributed by atoms with Gasteiger partial charge in [-0.25, -0.2) is 8.78 Å². The summed E-state index contributed by atoms with van der Waals surface area (Å²) in [4.78, 5) is 0. The molecule has 4 rings (SSSR count). The maximum atomic E-state index is 12.9. The lowest BCUT2D eigenvalue weighted by Crippen LogP contribution is -2.03. The van der Waals surface area contributed by atoms with E-state index in [4.69, 9.17) is 9.47 Å². The second kappa shape index (κ2) is 5.91. The van der Waals surface area contributed by atoms with Crippen LogP contribution in [0.1, 0.15) is 18.7 Å². The van der Waals surface area contributed by atoms with Gasteiger partial charge in [0.2, 0.25) is 5.82 Å². The van der Waals surface area contributed by atoms with Crippen LogP contribution in [-0.4, -0.2) is 33.0 Å². The standard InChI is InChI=1S/C15H13F2N5O2/c16-14(17)15-20-19-13-5-4-12(21-22(13)15)18-9-2-3-10-11(8-9)24-7-1-6-23-10/h2-5,8,14H,1,6-7H2,(H,18,21). The van der Waals surface area contributed by atoms with E-state index in [1.807, 2.05) is 0 Å². The van der Waals surface area contributed by atoms with Crippen LogP contribution in [0.15, 0.2) is 30.3 Å². The van der Waals surface area contributed by atoms with Gasteiger partial charge in [0.05, 0.1) is 13.2 Å². The van der Waals surface area contributed by atoms with E-state index >= 15 is 0 Å². The van der Waals surface area contributed by atoms with Gasteiger partial charge in [0, 0.05) is 18.2 Å². The maximum absolute atomic E-state index is 12.9. The smallest absolute Gasteiger partial charge is 0.299 e. The first-order valence-electron chi connectivity index (χ1n) is 7.38. The quantitative estimate of drug-likeness (QED) is 0.794. The zero-order chi connectivity index (χ0) is 16.5. The van der Waals surface area contributed by atoms with E-state index in [-0.39, 0.29) is 5.65 Å². The number of halogens is 2. The zero-order valence-corrected chi connectivity index (χ0v) is 12.4. The lowest BCUT2D eigenvalue weighted by Gasteiger charge is -2.11. The van der Waals surface area contributed by atoms with Crippen LogP contribution >= 0.6 is 0 Å². The number of fused-ring (bicyclic) bond motifs is 2. The summed E-state index contributed by atoms with van der Waals surface area (Å²) >= 11 is 0. The van der Waals surface area contributed by atoms with Gasteiger partial charge >= 0.3 is 0 Å². The first-order chi connectivity index (χ1) is 11.7. The third-order valence-corrected chi connectivity index (χ3v) is 3.50. The molecule has 0 spiro atoms. The van der Waals surface area contributed by atoms with Crippen LogP contribution in [0.25, 0.3) is 5.65 Å². The van der Waals surface area contributed by atoms with E-state index in [2.05, 4.69) is 20.6 Å². The Morgan fingerprint density at radius 2 is 1.88 bits per heavy atom. The number of nitrogens with zero attached hydrogens (tertiary/aromatic N) is 4. The predicted molar refractivity (Wildman–Crippen MR) is 81.1 cm³/mol. The average molecular weight is 333 g/mol. The molecular formula is C15H13F2N5O2. The Balaban J connectivity index is 1.64. The molecule has 0 saturated carbocycles. The van der Waals surface area contributed by atoms with E-state index in [9.17, 15) is 8.78 Å². The third-order valence-electron chi connectivity index (χ3n) is 3.50. The lowest BCUT2D eigenvalue weighted by atomic mass is 10.2. The summed E-state index contributed by atoms with van der Waals surface area (Å²) in [5.41, 5.74) is 0.965. The molecule has 1 aliphatic rings. The molecule has 9 heteroatoms. The number of ether oxygens (including phenoxy) is 2. The third kappa shape index (κ3) is 2.68. The normalized spacial score (nSPS) is 14.0. The van der Waals surface area contributed by atoms with E-state index in [0.29, 0.717) is 36.2 Å². The highest BCUT2D eigenvalue weighted by Crippen LogP contribution is 2.33. The van der Waals surface area contributed by atoms with Crippen molar-refractivity contribution < 1.29 is 18.3 Å². The second-order valence-corrected chi connectivity index (χ2v) is 5.18. The highest BCUT2D eigenvalue weighted by atomic mass is 19.3. The fourth-order valence-corrected chi connectivity index (χ4v) is 2.40. The van der Waals surface area contributed by atoms with Crippen LogP contribution in [0.2, 0.25) is 0 Å². The number of hydrogen-bond acceptors (Lipinski definition) is 6. The molecule has 0 radical (unpaired) electrons. The van der Waals surface area contributed by atoms with Gasteiger partial charge in [-0.15, -0.1) is 15.3 Å². The molecular weight excluding hydrogens is 320 g/mol. The number of rotatable bonds is 3. The number of aromatic nitrogens is 4. The van der Waals surface area contributed by atoms with Crippen LogP contribution in [0.3, 0.4) is 0 Å². The molecule has 0 fully saturated rings. The molecule has 3 aromatic rings. The average Bonchev–Trinajstić information content (AvgIpc) is 2.85. The number of nitrogens with one attached hydrogen (secondary N) is 1. The minimum absolute atomic E-state index is 0.259. The van der Waals surface area contributed by atoms with Crippen molar-refractivity contribution in [2.45, 2.75) is 12.8 Å². The fraction of sp³-hybridized carbons (Fsp3) is 0.267. The largest absolute Gasteiger partial charge is 0.490 e. The van der Waals surface area contributed by atoms with E-state index in [0.717, 1.165) is 10.9 Å². The number of anilines is 2. The minimum atomic E-state index is -2.75. The molecule has 7 nitrogen and oxygen atoms in total. The van der Waals surface area contributed by atoms with Gasteiger partial charge in [0.25, 0.3) is 6.43 Å². The maximum Gasteiger partial charge on any atom is 0.299 e. The Morgan fingerprint density at radius 3 is 2.71 bits per heavy atom. The highest BCUT2D eigenvalue weighted by molar-refractivity contribution is 5.62. The summed E-state index contributed by atoms with van der Waals surface area (Å²) in [7, 11) is 0. The summed E-state index contributed by atoms with van der Waals surface area (Å²) in [5, 5.41) is 14.3. The van der Waals surface area contributed by atoms with Crippen molar-refractivity contribution in [2.75, 3.05) is 18.5 Å². The van der Waals surface area contributed by atoms with Crippen LogP contribution in [0.4, 0.5) is 20.3 Å². The van der Waals surface area contributed by atoms with Gasteiger partial charge < -0.3 is 14.8 Å². The molecule has 124 valence electrons. The van der Waals surface area contributed by atoms with Crippen molar-refractivity contribution in [1.29, 1.82) is 0 Å². The molecule has 24 heavy (non-hydrogen) atoms. The first-order valence-corrected chi connectivity index (χ1v) is 7.38. The van der Waals surface area contributed by atoms with Crippen LogP contribution < -0.4 is 14.8 Å². The molecule has 1 aliphatic heterocycles. The zero-order valence-electron chi connectivity index (χ0n) is 12.4. The SMILES string of the molecule is FC(F)c1nnc2ccc(Nc3ccc4c(c3)OCCCO4)nn12. The number of hydrogen-bond donors (Lipinski definition) is 1. The number of alkyl halides is 2. The van der Waals surface area contributed by atoms with Crippen molar-refractivity contribution in [1.82, 2.24) is 19.8 Å². The van der Waals surface area contributed by atoms with E-state index in [1.165, 1.54) is 0 Å². The fourth-order valence-electron chi connectivity index (χ4n) is 2.40. The topological polar surface area (TPSA) is 73.6 Å². The van der Waals surface area contributed by atoms with Crippen LogP contribution in [0.5, 0.6) is 11.5 Å². The van der Waals surface area contributed by atoms with Crippen molar-refractivity contribution in [2.24, 2.45) is 0 Å². The first kappa shape index (κ1) is 14.6. The van der Waals surface area contributed by atoms with E-state index < -0.39 is 12.2 Å². The molecule has 0 unspecified atom stereocenters. The second-order valence-electron chi connectivity index (χ2n) is 5.18. The molecule has 1 N–H and O–H groups in total. The van der Waals surface area contributed by atoms with Gasteiger partial charge in [0.1, 0.15) is 0 Å². The minimum Gasteiger partial charge on any atom is -0.490 e. The summed E-state index contributed by atoms with van der Waals surface area (Å²) in [6.45, 7) is 1.20. The molecule has 0 aliphatic carbocycles. The monoisotopic (exact) mass is 333 g/mol. The van der Waals surface area contributed by atoms with Crippen molar-refractivity contribution in [3.63, 3.8) is 0 Å². The van der Waals surface area contributed by atoms with Gasteiger partial charge in [-0.1, -0.05) is 0 Å².